The summed E-state index contributed by atoms with van der Waals surface area (Å²) >= 11 is 0. The van der Waals surface area contributed by atoms with Crippen LogP contribution in [0.1, 0.15) is 50.4 Å². The van der Waals surface area contributed by atoms with Crippen LogP contribution in [0.15, 0.2) is 18.2 Å². The minimum atomic E-state index is -0.394. The van der Waals surface area contributed by atoms with Gasteiger partial charge in [-0.15, -0.1) is 0 Å². The van der Waals surface area contributed by atoms with Crippen LogP contribution < -0.4 is 10.2 Å². The van der Waals surface area contributed by atoms with Gasteiger partial charge < -0.3 is 10.2 Å². The van der Waals surface area contributed by atoms with E-state index in [4.69, 9.17) is 0 Å². The fraction of sp³-hybridized carbons (Fsp3) is 0.588. The van der Waals surface area contributed by atoms with E-state index < -0.39 is 4.92 Å². The molecule has 0 aliphatic carbocycles. The first kappa shape index (κ1) is 17.2. The zero-order chi connectivity index (χ0) is 17.0. The Morgan fingerprint density at radius 3 is 2.87 bits per heavy atom. The second-order valence-corrected chi connectivity index (χ2v) is 6.44. The van der Waals surface area contributed by atoms with Gasteiger partial charge in [0.25, 0.3) is 11.6 Å². The number of nitrogens with zero attached hydrogens (tertiary/aromatic N) is 2. The van der Waals surface area contributed by atoms with Crippen molar-refractivity contribution in [1.82, 2.24) is 5.32 Å². The quantitative estimate of drug-likeness (QED) is 0.667. The van der Waals surface area contributed by atoms with Gasteiger partial charge in [-0.05, 0) is 44.2 Å². The highest BCUT2D eigenvalue weighted by Gasteiger charge is 2.25. The fourth-order valence-electron chi connectivity index (χ4n) is 2.90. The minimum absolute atomic E-state index is 0.0101. The summed E-state index contributed by atoms with van der Waals surface area (Å²) in [6.45, 7) is 7.69. The molecule has 1 aromatic rings. The molecule has 1 fully saturated rings. The summed E-state index contributed by atoms with van der Waals surface area (Å²) in [6, 6.07) is 4.83. The Bertz CT molecular complexity index is 588. The van der Waals surface area contributed by atoms with Crippen molar-refractivity contribution in [2.24, 2.45) is 5.92 Å². The number of hydrogen-bond donors (Lipinski definition) is 1. The van der Waals surface area contributed by atoms with Gasteiger partial charge in [-0.25, -0.2) is 0 Å². The van der Waals surface area contributed by atoms with Crippen molar-refractivity contribution >= 4 is 17.3 Å². The summed E-state index contributed by atoms with van der Waals surface area (Å²) in [5, 5.41) is 14.3. The third-order valence-corrected chi connectivity index (χ3v) is 4.42. The van der Waals surface area contributed by atoms with E-state index in [1.165, 1.54) is 6.07 Å². The van der Waals surface area contributed by atoms with Gasteiger partial charge in [0.15, 0.2) is 0 Å². The van der Waals surface area contributed by atoms with Crippen molar-refractivity contribution in [3.8, 4) is 0 Å². The first-order chi connectivity index (χ1) is 10.9. The molecule has 1 heterocycles. The highest BCUT2D eigenvalue weighted by Crippen LogP contribution is 2.32. The van der Waals surface area contributed by atoms with Gasteiger partial charge in [0, 0.05) is 30.8 Å². The maximum Gasteiger partial charge on any atom is 0.293 e. The van der Waals surface area contributed by atoms with Crippen LogP contribution >= 0.6 is 0 Å². The monoisotopic (exact) mass is 319 g/mol. The van der Waals surface area contributed by atoms with Gasteiger partial charge in [0.2, 0.25) is 0 Å². The fourth-order valence-corrected chi connectivity index (χ4v) is 2.90. The van der Waals surface area contributed by atoms with Crippen molar-refractivity contribution in [1.29, 1.82) is 0 Å². The van der Waals surface area contributed by atoms with E-state index >= 15 is 0 Å². The summed E-state index contributed by atoms with van der Waals surface area (Å²) in [4.78, 5) is 25.3. The first-order valence-corrected chi connectivity index (χ1v) is 8.26. The van der Waals surface area contributed by atoms with E-state index in [-0.39, 0.29) is 17.6 Å². The standard InChI is InChI=1S/C17H25N3O3/c1-4-13(3)18-17(21)14-7-8-15(16(10-14)20(22)23)19-9-5-6-12(2)11-19/h7-8,10,12-13H,4-6,9,11H2,1-3H3,(H,18,21)/t12-,13-/m1/s1. The zero-order valence-corrected chi connectivity index (χ0v) is 14.0. The lowest BCUT2D eigenvalue weighted by Gasteiger charge is -2.32. The molecule has 0 bridgehead atoms. The van der Waals surface area contributed by atoms with Crippen LogP contribution in [-0.2, 0) is 0 Å². The molecule has 0 spiro atoms. The third-order valence-electron chi connectivity index (χ3n) is 4.42. The molecule has 0 radical (unpaired) electrons. The number of nitro groups is 1. The number of hydrogen-bond acceptors (Lipinski definition) is 4. The van der Waals surface area contributed by atoms with Gasteiger partial charge in [0.1, 0.15) is 5.69 Å². The molecular weight excluding hydrogens is 294 g/mol. The number of nitrogens with one attached hydrogen (secondary N) is 1. The number of rotatable bonds is 5. The van der Waals surface area contributed by atoms with Gasteiger partial charge in [0.05, 0.1) is 4.92 Å². The summed E-state index contributed by atoms with van der Waals surface area (Å²) in [5.74, 6) is 0.262. The molecule has 0 aromatic heterocycles. The second-order valence-electron chi connectivity index (χ2n) is 6.44. The number of carbonyl (C=O) groups is 1. The Labute approximate surface area is 137 Å². The van der Waals surface area contributed by atoms with Crippen LogP contribution in [0.5, 0.6) is 0 Å². The lowest BCUT2D eigenvalue weighted by atomic mass is 9.99. The van der Waals surface area contributed by atoms with Gasteiger partial charge in [-0.1, -0.05) is 13.8 Å². The number of carbonyl (C=O) groups excluding carboxylic acids is 1. The van der Waals surface area contributed by atoms with Crippen molar-refractivity contribution in [3.63, 3.8) is 0 Å². The van der Waals surface area contributed by atoms with Gasteiger partial charge in [-0.2, -0.15) is 0 Å². The number of anilines is 1. The van der Waals surface area contributed by atoms with Crippen LogP contribution in [0.4, 0.5) is 11.4 Å². The smallest absolute Gasteiger partial charge is 0.293 e. The lowest BCUT2D eigenvalue weighted by Crippen LogP contribution is -2.35. The van der Waals surface area contributed by atoms with Crippen LogP contribution in [-0.4, -0.2) is 30.0 Å². The molecule has 6 heteroatoms. The normalized spacial score (nSPS) is 19.3. The maximum absolute atomic E-state index is 12.2. The second kappa shape index (κ2) is 7.44. The molecule has 6 nitrogen and oxygen atoms in total. The van der Waals surface area contributed by atoms with Crippen molar-refractivity contribution in [2.75, 3.05) is 18.0 Å². The largest absolute Gasteiger partial charge is 0.366 e. The van der Waals surface area contributed by atoms with Crippen LogP contribution in [0.2, 0.25) is 0 Å². The Morgan fingerprint density at radius 2 is 2.26 bits per heavy atom. The molecule has 2 rings (SSSR count). The number of nitro benzene ring substituents is 1. The van der Waals surface area contributed by atoms with E-state index in [1.807, 2.05) is 13.8 Å². The number of benzene rings is 1. The molecule has 1 N–H and O–H groups in total. The molecular formula is C17H25N3O3. The third kappa shape index (κ3) is 4.21. The van der Waals surface area contributed by atoms with Crippen LogP contribution in [0.3, 0.4) is 0 Å². The van der Waals surface area contributed by atoms with E-state index in [1.54, 1.807) is 12.1 Å². The molecule has 1 amide bonds. The SMILES string of the molecule is CC[C@@H](C)NC(=O)c1ccc(N2CCC[C@@H](C)C2)c([N+](=O)[O-])c1. The molecule has 1 saturated heterocycles. The molecule has 1 aliphatic heterocycles. The number of piperidine rings is 1. The van der Waals surface area contributed by atoms with E-state index in [2.05, 4.69) is 17.1 Å². The summed E-state index contributed by atoms with van der Waals surface area (Å²) in [6.07, 6.45) is 3.01. The summed E-state index contributed by atoms with van der Waals surface area (Å²) in [5.41, 5.74) is 0.961. The molecule has 23 heavy (non-hydrogen) atoms. The molecule has 1 aliphatic rings. The molecule has 2 atom stereocenters. The Morgan fingerprint density at radius 1 is 1.52 bits per heavy atom. The first-order valence-electron chi connectivity index (χ1n) is 8.26. The van der Waals surface area contributed by atoms with Gasteiger partial charge >= 0.3 is 0 Å². The van der Waals surface area contributed by atoms with Crippen molar-refractivity contribution in [3.05, 3.63) is 33.9 Å². The van der Waals surface area contributed by atoms with E-state index in [9.17, 15) is 14.9 Å². The van der Waals surface area contributed by atoms with Crippen LogP contribution in [0.25, 0.3) is 0 Å². The molecule has 0 unspecified atom stereocenters. The summed E-state index contributed by atoms with van der Waals surface area (Å²) < 4.78 is 0. The Kier molecular flexibility index (Phi) is 5.58. The number of amides is 1. The van der Waals surface area contributed by atoms with E-state index in [0.717, 1.165) is 32.4 Å². The molecule has 1 aromatic carbocycles. The average molecular weight is 319 g/mol. The highest BCUT2D eigenvalue weighted by atomic mass is 16.6. The average Bonchev–Trinajstić information content (AvgIpc) is 2.54. The van der Waals surface area contributed by atoms with Gasteiger partial charge in [-0.3, -0.25) is 14.9 Å². The molecule has 0 saturated carbocycles. The van der Waals surface area contributed by atoms with Crippen LogP contribution in [0, 0.1) is 16.0 Å². The topological polar surface area (TPSA) is 75.5 Å². The molecule has 126 valence electrons. The van der Waals surface area contributed by atoms with Crippen molar-refractivity contribution < 1.29 is 9.72 Å². The predicted octanol–water partition coefficient (Wildman–Crippen LogP) is 3.36. The lowest BCUT2D eigenvalue weighted by molar-refractivity contribution is -0.384. The van der Waals surface area contributed by atoms with E-state index in [0.29, 0.717) is 17.2 Å². The maximum atomic E-state index is 12.2. The Hall–Kier alpha value is -2.11. The van der Waals surface area contributed by atoms with Crippen molar-refractivity contribution in [2.45, 2.75) is 46.1 Å². The highest BCUT2D eigenvalue weighted by molar-refractivity contribution is 5.96. The predicted molar refractivity (Wildman–Crippen MR) is 90.9 cm³/mol. The minimum Gasteiger partial charge on any atom is -0.366 e. The zero-order valence-electron chi connectivity index (χ0n) is 14.0. The Balaban J connectivity index is 2.28. The summed E-state index contributed by atoms with van der Waals surface area (Å²) in [7, 11) is 0.